The van der Waals surface area contributed by atoms with E-state index < -0.39 is 0 Å². The number of carbonyl (C=O) groups excluding carboxylic acids is 1. The number of hydrogen-bond donors (Lipinski definition) is 2. The first-order valence-corrected chi connectivity index (χ1v) is 7.88. The Kier molecular flexibility index (Phi) is 5.80. The van der Waals surface area contributed by atoms with Gasteiger partial charge in [-0.3, -0.25) is 0 Å². The van der Waals surface area contributed by atoms with Gasteiger partial charge in [-0.25, -0.2) is 4.79 Å². The lowest BCUT2D eigenvalue weighted by molar-refractivity contribution is 0.0766. The molecule has 5 nitrogen and oxygen atoms in total. The van der Waals surface area contributed by atoms with Crippen LogP contribution in [0.4, 0.5) is 10.5 Å². The Morgan fingerprint density at radius 1 is 1.45 bits per heavy atom. The van der Waals surface area contributed by atoms with Gasteiger partial charge in [0.05, 0.1) is 12.2 Å². The molecule has 0 aromatic heterocycles. The summed E-state index contributed by atoms with van der Waals surface area (Å²) in [7, 11) is 1.67. The van der Waals surface area contributed by atoms with Crippen molar-refractivity contribution in [1.29, 1.82) is 0 Å². The fourth-order valence-electron chi connectivity index (χ4n) is 2.80. The summed E-state index contributed by atoms with van der Waals surface area (Å²) < 4.78 is 5.30. The van der Waals surface area contributed by atoms with Gasteiger partial charge in [0.15, 0.2) is 0 Å². The Morgan fingerprint density at radius 3 is 2.91 bits per heavy atom. The molecule has 0 spiro atoms. The highest BCUT2D eigenvalue weighted by molar-refractivity contribution is 5.89. The molecule has 3 unspecified atom stereocenters. The minimum Gasteiger partial charge on any atom is -0.393 e. The number of aliphatic hydroxyl groups excluding tert-OH is 1. The van der Waals surface area contributed by atoms with Crippen molar-refractivity contribution >= 4 is 11.7 Å². The fourth-order valence-corrected chi connectivity index (χ4v) is 2.80. The third kappa shape index (κ3) is 4.21. The van der Waals surface area contributed by atoms with Gasteiger partial charge in [-0.05, 0) is 44.4 Å². The predicted molar refractivity (Wildman–Crippen MR) is 86.9 cm³/mol. The highest BCUT2D eigenvalue weighted by Crippen LogP contribution is 2.22. The molecular weight excluding hydrogens is 280 g/mol. The largest absolute Gasteiger partial charge is 0.393 e. The Hall–Kier alpha value is -1.59. The number of hydrogen-bond acceptors (Lipinski definition) is 3. The highest BCUT2D eigenvalue weighted by Gasteiger charge is 2.26. The van der Waals surface area contributed by atoms with E-state index in [0.29, 0.717) is 6.54 Å². The van der Waals surface area contributed by atoms with Crippen LogP contribution < -0.4 is 5.32 Å². The van der Waals surface area contributed by atoms with Crippen molar-refractivity contribution < 1.29 is 14.6 Å². The third-order valence-electron chi connectivity index (χ3n) is 4.39. The van der Waals surface area contributed by atoms with Crippen molar-refractivity contribution in [3.63, 3.8) is 0 Å². The van der Waals surface area contributed by atoms with Crippen molar-refractivity contribution in [3.05, 3.63) is 29.8 Å². The zero-order valence-electron chi connectivity index (χ0n) is 13.6. The summed E-state index contributed by atoms with van der Waals surface area (Å²) in [6, 6.07) is 7.60. The number of anilines is 1. The van der Waals surface area contributed by atoms with Crippen molar-refractivity contribution in [2.24, 2.45) is 5.92 Å². The number of nitrogens with zero attached hydrogens (tertiary/aromatic N) is 1. The zero-order valence-corrected chi connectivity index (χ0v) is 13.6. The monoisotopic (exact) mass is 306 g/mol. The lowest BCUT2D eigenvalue weighted by atomic mass is 9.94. The summed E-state index contributed by atoms with van der Waals surface area (Å²) in [5, 5.41) is 12.7. The number of nitrogens with one attached hydrogen (secondary N) is 1. The number of benzene rings is 1. The summed E-state index contributed by atoms with van der Waals surface area (Å²) in [6.07, 6.45) is 1.53. The van der Waals surface area contributed by atoms with E-state index in [2.05, 4.69) is 5.32 Å². The topological polar surface area (TPSA) is 61.8 Å². The van der Waals surface area contributed by atoms with E-state index in [-0.39, 0.29) is 24.2 Å². The van der Waals surface area contributed by atoms with Crippen LogP contribution in [-0.2, 0) is 4.74 Å². The summed E-state index contributed by atoms with van der Waals surface area (Å²) in [6.45, 7) is 5.11. The second kappa shape index (κ2) is 7.61. The third-order valence-corrected chi connectivity index (χ3v) is 4.39. The molecule has 1 heterocycles. The summed E-state index contributed by atoms with van der Waals surface area (Å²) in [4.78, 5) is 14.2. The van der Waals surface area contributed by atoms with Gasteiger partial charge in [-0.15, -0.1) is 0 Å². The molecule has 5 heteroatoms. The molecule has 1 fully saturated rings. The van der Waals surface area contributed by atoms with Crippen molar-refractivity contribution in [2.45, 2.75) is 38.9 Å². The van der Waals surface area contributed by atoms with E-state index in [4.69, 9.17) is 4.74 Å². The molecule has 1 aromatic rings. The molecule has 0 aliphatic carbocycles. The molecule has 0 saturated carbocycles. The van der Waals surface area contributed by atoms with Gasteiger partial charge < -0.3 is 20.1 Å². The maximum Gasteiger partial charge on any atom is 0.321 e. The maximum atomic E-state index is 12.4. The molecule has 22 heavy (non-hydrogen) atoms. The highest BCUT2D eigenvalue weighted by atomic mass is 16.5. The van der Waals surface area contributed by atoms with E-state index in [1.165, 1.54) is 0 Å². The van der Waals surface area contributed by atoms with Crippen LogP contribution in [0.15, 0.2) is 24.3 Å². The van der Waals surface area contributed by atoms with Crippen LogP contribution in [0, 0.1) is 5.92 Å². The van der Waals surface area contributed by atoms with Crippen LogP contribution in [0.25, 0.3) is 0 Å². The van der Waals surface area contributed by atoms with E-state index in [1.54, 1.807) is 18.9 Å². The number of urea groups is 1. The van der Waals surface area contributed by atoms with Gasteiger partial charge in [0.25, 0.3) is 0 Å². The number of piperidine rings is 1. The van der Waals surface area contributed by atoms with E-state index in [0.717, 1.165) is 30.6 Å². The number of likely N-dealkylation sites (tertiary alicyclic amines) is 1. The van der Waals surface area contributed by atoms with Gasteiger partial charge in [-0.2, -0.15) is 0 Å². The predicted octanol–water partition coefficient (Wildman–Crippen LogP) is 3.02. The first-order chi connectivity index (χ1) is 10.5. The lowest BCUT2D eigenvalue weighted by Crippen LogP contribution is -2.44. The minimum absolute atomic E-state index is 0.00791. The molecule has 1 aliphatic rings. The first kappa shape index (κ1) is 16.8. The summed E-state index contributed by atoms with van der Waals surface area (Å²) in [5.41, 5.74) is 1.80. The number of carbonyl (C=O) groups is 1. The number of rotatable bonds is 4. The molecule has 0 radical (unpaired) electrons. The molecule has 3 atom stereocenters. The van der Waals surface area contributed by atoms with Gasteiger partial charge >= 0.3 is 6.03 Å². The standard InChI is InChI=1S/C17H26N2O3/c1-12(20)15-7-5-9-19(11-15)17(21)18-16-8-4-6-14(10-16)13(2)22-3/h4,6,8,10,12-13,15,20H,5,7,9,11H2,1-3H3,(H,18,21). The molecule has 1 aliphatic heterocycles. The van der Waals surface area contributed by atoms with Crippen molar-refractivity contribution in [3.8, 4) is 0 Å². The lowest BCUT2D eigenvalue weighted by Gasteiger charge is -2.34. The van der Waals surface area contributed by atoms with Crippen LogP contribution in [0.2, 0.25) is 0 Å². The summed E-state index contributed by atoms with van der Waals surface area (Å²) in [5.74, 6) is 0.166. The molecule has 2 rings (SSSR count). The van der Waals surface area contributed by atoms with E-state index >= 15 is 0 Å². The zero-order chi connectivity index (χ0) is 16.1. The van der Waals surface area contributed by atoms with Gasteiger partial charge in [-0.1, -0.05) is 12.1 Å². The maximum absolute atomic E-state index is 12.4. The van der Waals surface area contributed by atoms with Gasteiger partial charge in [0, 0.05) is 31.8 Å². The van der Waals surface area contributed by atoms with Crippen molar-refractivity contribution in [2.75, 3.05) is 25.5 Å². The fraction of sp³-hybridized carbons (Fsp3) is 0.588. The second-order valence-corrected chi connectivity index (χ2v) is 6.02. The van der Waals surface area contributed by atoms with Crippen molar-refractivity contribution in [1.82, 2.24) is 4.90 Å². The van der Waals surface area contributed by atoms with Crippen LogP contribution in [-0.4, -0.2) is 42.3 Å². The molecule has 1 aromatic carbocycles. The van der Waals surface area contributed by atoms with Crippen LogP contribution in [0.1, 0.15) is 38.4 Å². The molecule has 2 N–H and O–H groups in total. The normalized spacial score (nSPS) is 21.3. The number of methoxy groups -OCH3 is 1. The molecule has 122 valence electrons. The second-order valence-electron chi connectivity index (χ2n) is 6.02. The first-order valence-electron chi connectivity index (χ1n) is 7.88. The minimum atomic E-state index is -0.374. The molecule has 2 amide bonds. The molecule has 0 bridgehead atoms. The van der Waals surface area contributed by atoms with Gasteiger partial charge in [0.2, 0.25) is 0 Å². The number of aliphatic hydroxyl groups is 1. The molecule has 1 saturated heterocycles. The van der Waals surface area contributed by atoms with Crippen LogP contribution in [0.3, 0.4) is 0 Å². The van der Waals surface area contributed by atoms with Crippen LogP contribution in [0.5, 0.6) is 0 Å². The quantitative estimate of drug-likeness (QED) is 0.899. The summed E-state index contributed by atoms with van der Waals surface area (Å²) >= 11 is 0. The number of amides is 2. The molecular formula is C17H26N2O3. The van der Waals surface area contributed by atoms with Crippen LogP contribution >= 0.6 is 0 Å². The number of ether oxygens (including phenoxy) is 1. The Bertz CT molecular complexity index is 504. The van der Waals surface area contributed by atoms with Gasteiger partial charge in [0.1, 0.15) is 0 Å². The van der Waals surface area contributed by atoms with E-state index in [9.17, 15) is 9.90 Å². The Labute approximate surface area is 132 Å². The average molecular weight is 306 g/mol. The average Bonchev–Trinajstić information content (AvgIpc) is 2.54. The Balaban J connectivity index is 1.99. The smallest absolute Gasteiger partial charge is 0.321 e. The Morgan fingerprint density at radius 2 is 2.23 bits per heavy atom. The van der Waals surface area contributed by atoms with E-state index in [1.807, 2.05) is 31.2 Å². The SMILES string of the molecule is COC(C)c1cccc(NC(=O)N2CCCC(C(C)O)C2)c1.